The summed E-state index contributed by atoms with van der Waals surface area (Å²) in [4.78, 5) is 4.89. The summed E-state index contributed by atoms with van der Waals surface area (Å²) >= 11 is 0. The Morgan fingerprint density at radius 1 is 0.343 bits per heavy atom. The predicted octanol–water partition coefficient (Wildman–Crippen LogP) is 17.4. The van der Waals surface area contributed by atoms with Crippen molar-refractivity contribution in [1.29, 1.82) is 0 Å². The lowest BCUT2D eigenvalue weighted by Gasteiger charge is -2.34. The van der Waals surface area contributed by atoms with Crippen molar-refractivity contribution < 1.29 is 8.83 Å². The summed E-state index contributed by atoms with van der Waals surface area (Å²) in [6, 6.07) is 79.1. The quantitative estimate of drug-likeness (QED) is 0.167. The van der Waals surface area contributed by atoms with Crippen molar-refractivity contribution in [3.05, 3.63) is 252 Å². The number of fused-ring (bicyclic) bond motifs is 18. The van der Waals surface area contributed by atoms with Gasteiger partial charge in [-0.05, 0) is 119 Å². The fraction of sp³-hybridized carbons (Fsp3) is 0.0476. The molecule has 2 aliphatic carbocycles. The van der Waals surface area contributed by atoms with E-state index in [1.807, 2.05) is 0 Å². The fourth-order valence-electron chi connectivity index (χ4n) is 11.8. The monoisotopic (exact) mass is 858 g/mol. The van der Waals surface area contributed by atoms with Gasteiger partial charge in [-0.25, -0.2) is 0 Å². The minimum Gasteiger partial charge on any atom is -0.455 e. The van der Waals surface area contributed by atoms with Crippen molar-refractivity contribution in [2.24, 2.45) is 0 Å². The summed E-state index contributed by atoms with van der Waals surface area (Å²) in [6.07, 6.45) is 0. The number of anilines is 6. The summed E-state index contributed by atoms with van der Waals surface area (Å²) in [7, 11) is 0. The van der Waals surface area contributed by atoms with Crippen LogP contribution in [0.4, 0.5) is 34.1 Å². The van der Waals surface area contributed by atoms with Gasteiger partial charge >= 0.3 is 0 Å². The first-order valence-electron chi connectivity index (χ1n) is 23.1. The maximum absolute atomic E-state index is 7.40. The molecule has 2 aliphatic rings. The smallest absolute Gasteiger partial charge is 0.145 e. The van der Waals surface area contributed by atoms with Crippen LogP contribution in [-0.4, -0.2) is 0 Å². The first-order valence-corrected chi connectivity index (χ1v) is 23.1. The third-order valence-electron chi connectivity index (χ3n) is 14.5. The molecule has 1 spiro atoms. The molecule has 67 heavy (non-hydrogen) atoms. The summed E-state index contributed by atoms with van der Waals surface area (Å²) in [5.74, 6) is 0. The molecule has 14 rings (SSSR count). The molecule has 10 aromatic carbocycles. The van der Waals surface area contributed by atoms with Gasteiger partial charge < -0.3 is 18.6 Å². The van der Waals surface area contributed by atoms with Crippen molar-refractivity contribution in [3.63, 3.8) is 0 Å². The third kappa shape index (κ3) is 5.13. The van der Waals surface area contributed by atoms with Gasteiger partial charge in [0.05, 0.1) is 27.6 Å². The van der Waals surface area contributed by atoms with Crippen molar-refractivity contribution in [2.45, 2.75) is 19.3 Å². The van der Waals surface area contributed by atoms with E-state index in [-0.39, 0.29) is 0 Å². The Morgan fingerprint density at radius 3 is 1.16 bits per heavy atom. The molecule has 0 radical (unpaired) electrons. The van der Waals surface area contributed by atoms with E-state index in [0.717, 1.165) is 100 Å². The number of aryl methyl sites for hydroxylation is 2. The fourth-order valence-corrected chi connectivity index (χ4v) is 11.8. The van der Waals surface area contributed by atoms with Crippen LogP contribution in [0.25, 0.3) is 66.1 Å². The Morgan fingerprint density at radius 2 is 0.716 bits per heavy atom. The van der Waals surface area contributed by atoms with Gasteiger partial charge in [0.25, 0.3) is 0 Å². The minimum absolute atomic E-state index is 0.774. The molecule has 0 amide bonds. The lowest BCUT2D eigenvalue weighted by atomic mass is 9.70. The molecule has 2 heterocycles. The predicted molar refractivity (Wildman–Crippen MR) is 276 cm³/mol. The van der Waals surface area contributed by atoms with Gasteiger partial charge in [0.1, 0.15) is 22.3 Å². The minimum atomic E-state index is -0.774. The molecule has 4 nitrogen and oxygen atoms in total. The highest BCUT2D eigenvalue weighted by atomic mass is 16.3. The molecule has 0 N–H and O–H groups in total. The number of hydrogen-bond acceptors (Lipinski definition) is 4. The second-order valence-corrected chi connectivity index (χ2v) is 18.0. The summed E-state index contributed by atoms with van der Waals surface area (Å²) in [5.41, 5.74) is 20.8. The number of furan rings is 2. The third-order valence-corrected chi connectivity index (χ3v) is 14.5. The molecule has 0 saturated carbocycles. The molecular formula is C63H42N2O2. The van der Waals surface area contributed by atoms with Crippen molar-refractivity contribution >= 4 is 78.0 Å². The van der Waals surface area contributed by atoms with E-state index in [9.17, 15) is 0 Å². The van der Waals surface area contributed by atoms with Crippen LogP contribution in [0.5, 0.6) is 0 Å². The number of rotatable bonds is 6. The molecule has 0 unspecified atom stereocenters. The largest absolute Gasteiger partial charge is 0.455 e. The van der Waals surface area contributed by atoms with Crippen LogP contribution in [0, 0.1) is 13.8 Å². The molecular weight excluding hydrogens is 817 g/mol. The van der Waals surface area contributed by atoms with Crippen molar-refractivity contribution in [2.75, 3.05) is 9.80 Å². The highest BCUT2D eigenvalue weighted by Gasteiger charge is 2.55. The van der Waals surface area contributed by atoms with Crippen molar-refractivity contribution in [1.82, 2.24) is 0 Å². The van der Waals surface area contributed by atoms with E-state index in [2.05, 4.69) is 242 Å². The first kappa shape index (κ1) is 37.7. The van der Waals surface area contributed by atoms with Gasteiger partial charge in [-0.15, -0.1) is 0 Å². The van der Waals surface area contributed by atoms with E-state index >= 15 is 0 Å². The zero-order valence-electron chi connectivity index (χ0n) is 37.0. The second-order valence-electron chi connectivity index (χ2n) is 18.0. The highest BCUT2D eigenvalue weighted by Crippen LogP contribution is 2.68. The maximum atomic E-state index is 7.40. The van der Waals surface area contributed by atoms with Gasteiger partial charge in [-0.2, -0.15) is 0 Å². The van der Waals surface area contributed by atoms with Crippen LogP contribution in [0.2, 0.25) is 0 Å². The molecule has 0 bridgehead atoms. The van der Waals surface area contributed by atoms with E-state index in [4.69, 9.17) is 8.83 Å². The molecule has 0 fully saturated rings. The van der Waals surface area contributed by atoms with Gasteiger partial charge in [0.15, 0.2) is 0 Å². The normalized spacial score (nSPS) is 13.0. The summed E-state index contributed by atoms with van der Waals surface area (Å²) < 4.78 is 14.8. The van der Waals surface area contributed by atoms with Crippen LogP contribution in [0.1, 0.15) is 33.4 Å². The SMILES string of the molecule is Cc1ccccc1N(c1ccccc1)c1cc2c(c3oc4ccccc4c13)-c1c(cc(N(c3ccccc3)c3ccccc3C)c3c1oc1ccccc13)C21c2ccccc2-c2ccccc21. The van der Waals surface area contributed by atoms with E-state index < -0.39 is 5.41 Å². The maximum Gasteiger partial charge on any atom is 0.145 e. The highest BCUT2D eigenvalue weighted by molar-refractivity contribution is 6.25. The van der Waals surface area contributed by atoms with Crippen LogP contribution < -0.4 is 9.80 Å². The number of para-hydroxylation sites is 6. The molecule has 2 aromatic heterocycles. The lowest BCUT2D eigenvalue weighted by molar-refractivity contribution is 0.665. The zero-order valence-corrected chi connectivity index (χ0v) is 37.0. The van der Waals surface area contributed by atoms with Gasteiger partial charge in [0.2, 0.25) is 0 Å². The molecule has 316 valence electrons. The van der Waals surface area contributed by atoms with E-state index in [1.54, 1.807) is 0 Å². The Kier molecular flexibility index (Phi) is 8.00. The van der Waals surface area contributed by atoms with Crippen LogP contribution in [0.3, 0.4) is 0 Å². The Labute approximate surface area is 388 Å². The average molecular weight is 859 g/mol. The average Bonchev–Trinajstić information content (AvgIpc) is 4.12. The van der Waals surface area contributed by atoms with E-state index in [1.165, 1.54) is 33.4 Å². The van der Waals surface area contributed by atoms with Crippen LogP contribution in [-0.2, 0) is 5.41 Å². The summed E-state index contributed by atoms with van der Waals surface area (Å²) in [6.45, 7) is 4.41. The number of benzene rings is 10. The van der Waals surface area contributed by atoms with Gasteiger partial charge in [0, 0.05) is 44.6 Å². The Hall–Kier alpha value is -8.60. The Bertz CT molecular complexity index is 3710. The zero-order chi connectivity index (χ0) is 44.4. The van der Waals surface area contributed by atoms with Crippen LogP contribution >= 0.6 is 0 Å². The second kappa shape index (κ2) is 14.2. The molecule has 0 saturated heterocycles. The first-order chi connectivity index (χ1) is 33.1. The van der Waals surface area contributed by atoms with Gasteiger partial charge in [-0.1, -0.05) is 158 Å². The molecule has 4 heteroatoms. The lowest BCUT2D eigenvalue weighted by Crippen LogP contribution is -2.26. The van der Waals surface area contributed by atoms with Crippen LogP contribution in [0.15, 0.2) is 227 Å². The Balaban J connectivity index is 1.23. The molecule has 12 aromatic rings. The number of nitrogens with zero attached hydrogens (tertiary/aromatic N) is 2. The molecule has 0 aliphatic heterocycles. The summed E-state index contributed by atoms with van der Waals surface area (Å²) in [5, 5.41) is 4.24. The van der Waals surface area contributed by atoms with E-state index in [0.29, 0.717) is 0 Å². The number of hydrogen-bond donors (Lipinski definition) is 0. The topological polar surface area (TPSA) is 32.8 Å². The molecule has 0 atom stereocenters. The standard InChI is InChI=1S/C63H42N2O2/c1-39-21-9-17-33-51(39)64(41-23-5-3-6-24-41)53-37-49-59(61-57(53)45-29-13-19-35-55(45)66-61)60-50(63(49)47-31-15-11-27-43(47)44-28-12-16-32-48(44)63)38-54(58-46-30-14-20-36-56(46)67-62(58)60)65(42-25-7-4-8-26-42)52-34-18-10-22-40(52)2/h3-38H,1-2H3. The van der Waals surface area contributed by atoms with Crippen molar-refractivity contribution in [3.8, 4) is 22.3 Å². The van der Waals surface area contributed by atoms with Gasteiger partial charge in [-0.3, -0.25) is 0 Å².